The Hall–Kier alpha value is -2.71. The summed E-state index contributed by atoms with van der Waals surface area (Å²) in [4.78, 5) is 24.8. The number of nitrogen functional groups attached to an aromatic ring is 1. The van der Waals surface area contributed by atoms with E-state index in [0.717, 1.165) is 17.0 Å². The highest BCUT2D eigenvalue weighted by Gasteiger charge is 2.08. The highest BCUT2D eigenvalue weighted by molar-refractivity contribution is 5.23. The van der Waals surface area contributed by atoms with E-state index >= 15 is 0 Å². The summed E-state index contributed by atoms with van der Waals surface area (Å²) in [6.07, 6.45) is 3.75. The molecule has 0 saturated heterocycles. The Morgan fingerprint density at radius 3 is 2.83 bits per heavy atom. The van der Waals surface area contributed by atoms with Gasteiger partial charge in [-0.3, -0.25) is 19.4 Å². The zero-order chi connectivity index (χ0) is 13.1. The fraction of sp³-hybridized carbons (Fsp3) is 0.222. The Bertz CT molecular complexity index is 631. The van der Waals surface area contributed by atoms with E-state index in [0.29, 0.717) is 12.4 Å². The van der Waals surface area contributed by atoms with Crippen LogP contribution < -0.4 is 11.4 Å². The smallest absolute Gasteiger partial charge is 0.348 e. The van der Waals surface area contributed by atoms with Crippen LogP contribution in [-0.2, 0) is 13.1 Å². The molecule has 0 aliphatic heterocycles. The van der Waals surface area contributed by atoms with Gasteiger partial charge in [-0.25, -0.2) is 4.79 Å². The molecule has 0 unspecified atom stereocenters. The van der Waals surface area contributed by atoms with Crippen molar-refractivity contribution < 1.29 is 4.92 Å². The molecule has 0 aliphatic carbocycles. The van der Waals surface area contributed by atoms with Crippen LogP contribution in [0.3, 0.4) is 0 Å². The molecule has 0 bridgehead atoms. The monoisotopic (exact) mass is 250 g/mol. The van der Waals surface area contributed by atoms with Crippen molar-refractivity contribution in [2.75, 3.05) is 5.73 Å². The standard InChI is InChI=1S/C9H10N6O3/c10-8-1-2-14(12-8)4-3-13-6-7(15(17)18)5-11-9(13)16/h1-2,5-6H,3-4H2,(H2,10,12). The molecule has 0 radical (unpaired) electrons. The second kappa shape index (κ2) is 4.65. The number of aromatic nitrogens is 4. The first kappa shape index (κ1) is 11.8. The lowest BCUT2D eigenvalue weighted by molar-refractivity contribution is -0.385. The van der Waals surface area contributed by atoms with Crippen LogP contribution in [-0.4, -0.2) is 24.3 Å². The van der Waals surface area contributed by atoms with E-state index in [1.165, 1.54) is 0 Å². The number of nitrogens with two attached hydrogens (primary N) is 1. The van der Waals surface area contributed by atoms with Crippen molar-refractivity contribution in [1.29, 1.82) is 0 Å². The Morgan fingerprint density at radius 2 is 2.22 bits per heavy atom. The maximum Gasteiger partial charge on any atom is 0.348 e. The molecule has 0 amide bonds. The summed E-state index contributed by atoms with van der Waals surface area (Å²) in [6, 6.07) is 1.62. The number of aryl methyl sites for hydroxylation is 2. The molecule has 18 heavy (non-hydrogen) atoms. The number of anilines is 1. The number of nitro groups is 1. The van der Waals surface area contributed by atoms with Gasteiger partial charge in [0.2, 0.25) is 0 Å². The number of hydrogen-bond donors (Lipinski definition) is 1. The molecule has 2 aromatic rings. The van der Waals surface area contributed by atoms with Crippen molar-refractivity contribution >= 4 is 11.5 Å². The maximum atomic E-state index is 11.4. The van der Waals surface area contributed by atoms with Crippen LogP contribution in [0.5, 0.6) is 0 Å². The van der Waals surface area contributed by atoms with Gasteiger partial charge in [-0.2, -0.15) is 10.1 Å². The van der Waals surface area contributed by atoms with Crippen LogP contribution in [0.4, 0.5) is 11.5 Å². The molecule has 0 atom stereocenters. The highest BCUT2D eigenvalue weighted by atomic mass is 16.6. The lowest BCUT2D eigenvalue weighted by Crippen LogP contribution is -2.24. The van der Waals surface area contributed by atoms with Gasteiger partial charge < -0.3 is 5.73 Å². The zero-order valence-electron chi connectivity index (χ0n) is 9.26. The summed E-state index contributed by atoms with van der Waals surface area (Å²) < 4.78 is 2.70. The quantitative estimate of drug-likeness (QED) is 0.583. The van der Waals surface area contributed by atoms with Crippen LogP contribution in [0.15, 0.2) is 29.5 Å². The molecule has 2 heterocycles. The average Bonchev–Trinajstić information content (AvgIpc) is 2.74. The van der Waals surface area contributed by atoms with Crippen LogP contribution in [0.1, 0.15) is 0 Å². The van der Waals surface area contributed by atoms with Gasteiger partial charge in [-0.05, 0) is 6.07 Å². The molecule has 2 N–H and O–H groups in total. The van der Waals surface area contributed by atoms with Gasteiger partial charge in [-0.1, -0.05) is 0 Å². The SMILES string of the molecule is Nc1ccn(CCn2cc([N+](=O)[O-])cnc2=O)n1. The number of nitrogens with zero attached hydrogens (tertiary/aromatic N) is 5. The summed E-state index contributed by atoms with van der Waals surface area (Å²) in [7, 11) is 0. The topological polar surface area (TPSA) is 122 Å². The van der Waals surface area contributed by atoms with E-state index in [-0.39, 0.29) is 12.2 Å². The van der Waals surface area contributed by atoms with Crippen LogP contribution >= 0.6 is 0 Å². The first-order chi connectivity index (χ1) is 8.56. The summed E-state index contributed by atoms with van der Waals surface area (Å²) >= 11 is 0. The Kier molecular flexibility index (Phi) is 3.04. The van der Waals surface area contributed by atoms with E-state index in [2.05, 4.69) is 10.1 Å². The summed E-state index contributed by atoms with van der Waals surface area (Å²) in [5, 5.41) is 14.5. The molecule has 0 fully saturated rings. The van der Waals surface area contributed by atoms with E-state index in [1.807, 2.05) is 0 Å². The zero-order valence-corrected chi connectivity index (χ0v) is 9.26. The summed E-state index contributed by atoms with van der Waals surface area (Å²) in [5.74, 6) is 0.375. The predicted molar refractivity (Wildman–Crippen MR) is 61.8 cm³/mol. The first-order valence-corrected chi connectivity index (χ1v) is 5.06. The minimum Gasteiger partial charge on any atom is -0.382 e. The fourth-order valence-corrected chi connectivity index (χ4v) is 1.41. The van der Waals surface area contributed by atoms with E-state index in [9.17, 15) is 14.9 Å². The maximum absolute atomic E-state index is 11.4. The molecule has 9 nitrogen and oxygen atoms in total. The van der Waals surface area contributed by atoms with Crippen molar-refractivity contribution in [3.8, 4) is 0 Å². The third-order valence-corrected chi connectivity index (χ3v) is 2.28. The van der Waals surface area contributed by atoms with Gasteiger partial charge >= 0.3 is 11.4 Å². The van der Waals surface area contributed by atoms with Crippen LogP contribution in [0, 0.1) is 10.1 Å². The molecular formula is C9H10N6O3. The van der Waals surface area contributed by atoms with E-state index < -0.39 is 10.6 Å². The second-order valence-electron chi connectivity index (χ2n) is 3.55. The fourth-order valence-electron chi connectivity index (χ4n) is 1.41. The summed E-state index contributed by atoms with van der Waals surface area (Å²) in [5.41, 5.74) is 4.67. The highest BCUT2D eigenvalue weighted by Crippen LogP contribution is 2.05. The molecular weight excluding hydrogens is 240 g/mol. The molecule has 94 valence electrons. The second-order valence-corrected chi connectivity index (χ2v) is 3.55. The molecule has 0 aliphatic rings. The van der Waals surface area contributed by atoms with Crippen molar-refractivity contribution in [3.05, 3.63) is 45.3 Å². The molecule has 2 aromatic heterocycles. The Labute approximate surface area is 101 Å². The minimum absolute atomic E-state index is 0.227. The van der Waals surface area contributed by atoms with Gasteiger partial charge in [0.25, 0.3) is 0 Å². The van der Waals surface area contributed by atoms with Crippen molar-refractivity contribution in [2.24, 2.45) is 0 Å². The lowest BCUT2D eigenvalue weighted by atomic mass is 10.5. The van der Waals surface area contributed by atoms with Crippen molar-refractivity contribution in [1.82, 2.24) is 19.3 Å². The largest absolute Gasteiger partial charge is 0.382 e. The van der Waals surface area contributed by atoms with Crippen molar-refractivity contribution in [3.63, 3.8) is 0 Å². The Balaban J connectivity index is 2.16. The minimum atomic E-state index is -0.602. The third kappa shape index (κ3) is 2.51. The first-order valence-electron chi connectivity index (χ1n) is 5.06. The molecule has 2 rings (SSSR count). The van der Waals surface area contributed by atoms with Crippen molar-refractivity contribution in [2.45, 2.75) is 13.1 Å². The van der Waals surface area contributed by atoms with Gasteiger partial charge in [0.1, 0.15) is 12.0 Å². The predicted octanol–water partition coefficient (Wildman–Crippen LogP) is -0.370. The number of rotatable bonds is 4. The van der Waals surface area contributed by atoms with Crippen LogP contribution in [0.25, 0.3) is 0 Å². The van der Waals surface area contributed by atoms with Gasteiger partial charge in [0.05, 0.1) is 17.7 Å². The van der Waals surface area contributed by atoms with E-state index in [4.69, 9.17) is 5.73 Å². The molecule has 0 aromatic carbocycles. The number of hydrogen-bond acceptors (Lipinski definition) is 6. The lowest BCUT2D eigenvalue weighted by Gasteiger charge is -2.04. The summed E-state index contributed by atoms with van der Waals surface area (Å²) in [6.45, 7) is 0.606. The van der Waals surface area contributed by atoms with Gasteiger partial charge in [0, 0.05) is 12.7 Å². The molecule has 0 saturated carbocycles. The molecule has 0 spiro atoms. The van der Waals surface area contributed by atoms with Gasteiger partial charge in [0.15, 0.2) is 0 Å². The normalized spacial score (nSPS) is 10.4. The van der Waals surface area contributed by atoms with Crippen LogP contribution in [0.2, 0.25) is 0 Å². The molecule has 9 heteroatoms. The average molecular weight is 250 g/mol. The third-order valence-electron chi connectivity index (χ3n) is 2.28. The Morgan fingerprint density at radius 1 is 1.44 bits per heavy atom. The van der Waals surface area contributed by atoms with E-state index in [1.54, 1.807) is 16.9 Å². The van der Waals surface area contributed by atoms with Gasteiger partial charge in [-0.15, -0.1) is 0 Å².